The Labute approximate surface area is 110 Å². The van der Waals surface area contributed by atoms with Crippen LogP contribution in [0.5, 0.6) is 0 Å². The first-order chi connectivity index (χ1) is 7.95. The quantitative estimate of drug-likeness (QED) is 0.516. The average Bonchev–Trinajstić information content (AvgIpc) is 2.16. The molecule has 17 heavy (non-hydrogen) atoms. The molecule has 2 heteroatoms. The molecular formula is C15H33NSi. The van der Waals surface area contributed by atoms with Crippen molar-refractivity contribution in [3.63, 3.8) is 0 Å². The van der Waals surface area contributed by atoms with Crippen molar-refractivity contribution in [3.8, 4) is 0 Å². The summed E-state index contributed by atoms with van der Waals surface area (Å²) in [6.45, 7) is 16.6. The molecule has 0 amide bonds. The first kappa shape index (κ1) is 16.8. The van der Waals surface area contributed by atoms with E-state index in [1.165, 1.54) is 44.4 Å². The molecule has 0 atom stereocenters. The summed E-state index contributed by atoms with van der Waals surface area (Å²) in [6.07, 6.45) is 6.27. The SMILES string of the molecule is CCCN(C=C(C)C[Si](C)(C)CCC)CCC. The fourth-order valence-electron chi connectivity index (χ4n) is 2.69. The van der Waals surface area contributed by atoms with E-state index in [0.29, 0.717) is 0 Å². The Bertz CT molecular complexity index is 215. The molecular weight excluding hydrogens is 222 g/mol. The zero-order valence-corrected chi connectivity index (χ0v) is 14.0. The molecule has 0 heterocycles. The van der Waals surface area contributed by atoms with Gasteiger partial charge in [-0.3, -0.25) is 0 Å². The van der Waals surface area contributed by atoms with Crippen molar-refractivity contribution in [1.82, 2.24) is 4.90 Å². The highest BCUT2D eigenvalue weighted by Gasteiger charge is 2.19. The fraction of sp³-hybridized carbons (Fsp3) is 0.867. The van der Waals surface area contributed by atoms with Gasteiger partial charge in [0.05, 0.1) is 8.07 Å². The molecule has 0 bridgehead atoms. The minimum absolute atomic E-state index is 0.974. The lowest BCUT2D eigenvalue weighted by Gasteiger charge is -2.25. The van der Waals surface area contributed by atoms with E-state index in [-0.39, 0.29) is 0 Å². The molecule has 0 fully saturated rings. The molecule has 0 radical (unpaired) electrons. The van der Waals surface area contributed by atoms with Crippen molar-refractivity contribution in [2.45, 2.75) is 72.1 Å². The van der Waals surface area contributed by atoms with Gasteiger partial charge in [0.2, 0.25) is 0 Å². The summed E-state index contributed by atoms with van der Waals surface area (Å²) in [5.41, 5.74) is 1.59. The number of nitrogens with zero attached hydrogens (tertiary/aromatic N) is 1. The molecule has 0 aliphatic rings. The van der Waals surface area contributed by atoms with Crippen LogP contribution in [0.2, 0.25) is 25.2 Å². The van der Waals surface area contributed by atoms with Gasteiger partial charge < -0.3 is 4.90 Å². The third kappa shape index (κ3) is 8.48. The summed E-state index contributed by atoms with van der Waals surface area (Å²) >= 11 is 0. The van der Waals surface area contributed by atoms with E-state index in [9.17, 15) is 0 Å². The number of allylic oxidation sites excluding steroid dienone is 1. The molecule has 0 aliphatic heterocycles. The van der Waals surface area contributed by atoms with Crippen molar-refractivity contribution in [2.75, 3.05) is 13.1 Å². The predicted octanol–water partition coefficient (Wildman–Crippen LogP) is 5.13. The standard InChI is InChI=1S/C15H33NSi/c1-7-10-16(11-8-2)13-15(4)14-17(5,6)12-9-3/h13H,7-12,14H2,1-6H3. The van der Waals surface area contributed by atoms with E-state index in [4.69, 9.17) is 0 Å². The second kappa shape index (κ2) is 8.79. The van der Waals surface area contributed by atoms with Crippen LogP contribution in [0, 0.1) is 0 Å². The van der Waals surface area contributed by atoms with E-state index in [0.717, 1.165) is 0 Å². The Morgan fingerprint density at radius 1 is 1.00 bits per heavy atom. The Hall–Kier alpha value is -0.243. The third-order valence-corrected chi connectivity index (χ3v) is 6.48. The van der Waals surface area contributed by atoms with E-state index in [2.05, 4.69) is 51.9 Å². The van der Waals surface area contributed by atoms with Crippen molar-refractivity contribution in [3.05, 3.63) is 11.8 Å². The van der Waals surface area contributed by atoms with Crippen LogP contribution in [0.4, 0.5) is 0 Å². The summed E-state index contributed by atoms with van der Waals surface area (Å²) in [4.78, 5) is 2.51. The Kier molecular flexibility index (Phi) is 8.66. The molecule has 0 spiro atoms. The van der Waals surface area contributed by atoms with Crippen LogP contribution >= 0.6 is 0 Å². The maximum absolute atomic E-state index is 2.53. The van der Waals surface area contributed by atoms with E-state index in [1.54, 1.807) is 5.57 Å². The van der Waals surface area contributed by atoms with Gasteiger partial charge in [0.25, 0.3) is 0 Å². The maximum atomic E-state index is 2.53. The molecule has 0 rings (SSSR count). The zero-order chi connectivity index (χ0) is 13.3. The van der Waals surface area contributed by atoms with Gasteiger partial charge in [-0.2, -0.15) is 0 Å². The lowest BCUT2D eigenvalue weighted by Crippen LogP contribution is -2.26. The molecule has 0 aliphatic carbocycles. The topological polar surface area (TPSA) is 3.24 Å². The smallest absolute Gasteiger partial charge is 0.0514 e. The monoisotopic (exact) mass is 255 g/mol. The van der Waals surface area contributed by atoms with Crippen LogP contribution in [0.15, 0.2) is 11.8 Å². The van der Waals surface area contributed by atoms with Crippen molar-refractivity contribution in [2.24, 2.45) is 0 Å². The lowest BCUT2D eigenvalue weighted by atomic mass is 10.3. The van der Waals surface area contributed by atoms with Crippen LogP contribution in [0.3, 0.4) is 0 Å². The van der Waals surface area contributed by atoms with E-state index >= 15 is 0 Å². The van der Waals surface area contributed by atoms with Gasteiger partial charge in [-0.15, -0.1) is 0 Å². The Balaban J connectivity index is 4.37. The molecule has 1 nitrogen and oxygen atoms in total. The van der Waals surface area contributed by atoms with E-state index < -0.39 is 8.07 Å². The van der Waals surface area contributed by atoms with Gasteiger partial charge in [0.15, 0.2) is 0 Å². The first-order valence-electron chi connectivity index (χ1n) is 7.36. The highest BCUT2D eigenvalue weighted by Crippen LogP contribution is 2.22. The minimum Gasteiger partial charge on any atom is -0.377 e. The summed E-state index contributed by atoms with van der Waals surface area (Å²) in [5, 5.41) is 0. The van der Waals surface area contributed by atoms with Crippen LogP contribution in [0.1, 0.15) is 47.0 Å². The highest BCUT2D eigenvalue weighted by molar-refractivity contribution is 6.77. The van der Waals surface area contributed by atoms with Gasteiger partial charge in [0, 0.05) is 13.1 Å². The summed E-state index contributed by atoms with van der Waals surface area (Å²) < 4.78 is 0. The van der Waals surface area contributed by atoms with Crippen molar-refractivity contribution >= 4 is 8.07 Å². The Morgan fingerprint density at radius 3 is 1.94 bits per heavy atom. The molecule has 0 aromatic carbocycles. The Morgan fingerprint density at radius 2 is 1.53 bits per heavy atom. The van der Waals surface area contributed by atoms with Crippen LogP contribution in [-0.2, 0) is 0 Å². The van der Waals surface area contributed by atoms with Crippen molar-refractivity contribution < 1.29 is 0 Å². The van der Waals surface area contributed by atoms with Gasteiger partial charge in [0.1, 0.15) is 0 Å². The minimum atomic E-state index is -0.974. The molecule has 0 aromatic rings. The normalized spacial score (nSPS) is 12.9. The lowest BCUT2D eigenvalue weighted by molar-refractivity contribution is 0.373. The zero-order valence-electron chi connectivity index (χ0n) is 13.0. The van der Waals surface area contributed by atoms with Gasteiger partial charge >= 0.3 is 0 Å². The molecule has 0 unspecified atom stereocenters. The molecule has 0 saturated heterocycles. The van der Waals surface area contributed by atoms with Crippen LogP contribution in [-0.4, -0.2) is 26.1 Å². The largest absolute Gasteiger partial charge is 0.377 e. The van der Waals surface area contributed by atoms with Gasteiger partial charge in [-0.25, -0.2) is 0 Å². The van der Waals surface area contributed by atoms with Crippen molar-refractivity contribution in [1.29, 1.82) is 0 Å². The molecule has 0 aromatic heterocycles. The molecule has 0 N–H and O–H groups in total. The first-order valence-corrected chi connectivity index (χ1v) is 10.8. The fourth-order valence-corrected chi connectivity index (χ4v) is 5.82. The number of rotatable bonds is 9. The molecule has 0 saturated carbocycles. The van der Waals surface area contributed by atoms with Crippen LogP contribution < -0.4 is 0 Å². The number of hydrogen-bond acceptors (Lipinski definition) is 1. The number of hydrogen-bond donors (Lipinski definition) is 0. The second-order valence-corrected chi connectivity index (χ2v) is 11.3. The summed E-state index contributed by atoms with van der Waals surface area (Å²) in [6, 6.07) is 2.82. The molecule has 102 valence electrons. The second-order valence-electron chi connectivity index (χ2n) is 6.10. The summed E-state index contributed by atoms with van der Waals surface area (Å²) in [5.74, 6) is 0. The predicted molar refractivity (Wildman–Crippen MR) is 83.3 cm³/mol. The van der Waals surface area contributed by atoms with Gasteiger partial charge in [-0.1, -0.05) is 51.9 Å². The summed E-state index contributed by atoms with van der Waals surface area (Å²) in [7, 11) is -0.974. The van der Waals surface area contributed by atoms with E-state index in [1.807, 2.05) is 0 Å². The average molecular weight is 256 g/mol. The van der Waals surface area contributed by atoms with Crippen LogP contribution in [0.25, 0.3) is 0 Å². The highest BCUT2D eigenvalue weighted by atomic mass is 28.3. The maximum Gasteiger partial charge on any atom is 0.0514 e. The van der Waals surface area contributed by atoms with Gasteiger partial charge in [-0.05, 0) is 32.0 Å². The third-order valence-electron chi connectivity index (χ3n) is 3.11.